The zero-order valence-corrected chi connectivity index (χ0v) is 17.0. The van der Waals surface area contributed by atoms with Gasteiger partial charge in [-0.3, -0.25) is 19.7 Å². The average molecular weight is 411 g/mol. The topological polar surface area (TPSA) is 100 Å². The molecule has 0 radical (unpaired) electrons. The van der Waals surface area contributed by atoms with Gasteiger partial charge in [0.1, 0.15) is 0 Å². The molecule has 1 aliphatic rings. The summed E-state index contributed by atoms with van der Waals surface area (Å²) in [6.45, 7) is 2.67. The van der Waals surface area contributed by atoms with Crippen molar-refractivity contribution in [1.82, 2.24) is 5.32 Å². The van der Waals surface area contributed by atoms with E-state index in [-0.39, 0.29) is 11.6 Å². The Labute approximate surface area is 173 Å². The van der Waals surface area contributed by atoms with E-state index in [9.17, 15) is 14.4 Å². The van der Waals surface area contributed by atoms with Gasteiger partial charge in [0, 0.05) is 18.1 Å². The van der Waals surface area contributed by atoms with E-state index in [0.717, 1.165) is 6.92 Å². The standard InChI is InChI=1S/C22H21NO7/c1-13(24)29-18-19(25)22(2,15-10-11-16(27-3)17(12-15)28-4)30-21(18)23-20(26)14-8-6-5-7-9-14/h5-12H,1-4H3,(H,23,26). The molecule has 8 nitrogen and oxygen atoms in total. The van der Waals surface area contributed by atoms with E-state index >= 15 is 0 Å². The number of hydrogen-bond donors (Lipinski definition) is 1. The summed E-state index contributed by atoms with van der Waals surface area (Å²) in [6.07, 6.45) is 0. The third-order valence-electron chi connectivity index (χ3n) is 4.60. The molecule has 3 rings (SSSR count). The lowest BCUT2D eigenvalue weighted by Gasteiger charge is -2.24. The highest BCUT2D eigenvalue weighted by molar-refractivity contribution is 6.05. The van der Waals surface area contributed by atoms with Crippen molar-refractivity contribution in [3.05, 3.63) is 71.3 Å². The van der Waals surface area contributed by atoms with Gasteiger partial charge in [-0.15, -0.1) is 0 Å². The van der Waals surface area contributed by atoms with Crippen LogP contribution in [0.5, 0.6) is 11.5 Å². The second-order valence-corrected chi connectivity index (χ2v) is 6.61. The highest BCUT2D eigenvalue weighted by atomic mass is 16.6. The lowest BCUT2D eigenvalue weighted by molar-refractivity contribution is -0.142. The van der Waals surface area contributed by atoms with Crippen molar-refractivity contribution in [2.45, 2.75) is 19.4 Å². The maximum Gasteiger partial charge on any atom is 0.308 e. The Balaban J connectivity index is 1.98. The molecule has 0 fully saturated rings. The van der Waals surface area contributed by atoms with Gasteiger partial charge in [-0.25, -0.2) is 0 Å². The highest BCUT2D eigenvalue weighted by Gasteiger charge is 2.50. The van der Waals surface area contributed by atoms with Crippen molar-refractivity contribution < 1.29 is 33.3 Å². The smallest absolute Gasteiger partial charge is 0.308 e. The Kier molecular flexibility index (Phi) is 5.77. The Hall–Kier alpha value is -3.81. The first-order valence-corrected chi connectivity index (χ1v) is 9.05. The SMILES string of the molecule is COc1ccc(C2(C)OC(NC(=O)c3ccccc3)=C(OC(C)=O)C2=O)cc1OC. The molecule has 1 unspecified atom stereocenters. The van der Waals surface area contributed by atoms with Crippen LogP contribution in [-0.2, 0) is 24.7 Å². The summed E-state index contributed by atoms with van der Waals surface area (Å²) < 4.78 is 21.5. The maximum atomic E-state index is 13.2. The Morgan fingerprint density at radius 3 is 2.27 bits per heavy atom. The van der Waals surface area contributed by atoms with Crippen molar-refractivity contribution >= 4 is 17.7 Å². The van der Waals surface area contributed by atoms with Crippen molar-refractivity contribution in [1.29, 1.82) is 0 Å². The molecular formula is C22H21NO7. The molecule has 1 atom stereocenters. The van der Waals surface area contributed by atoms with E-state index < -0.39 is 23.3 Å². The van der Waals surface area contributed by atoms with E-state index in [1.165, 1.54) is 21.1 Å². The van der Waals surface area contributed by atoms with Crippen LogP contribution in [-0.4, -0.2) is 31.9 Å². The zero-order valence-electron chi connectivity index (χ0n) is 17.0. The zero-order chi connectivity index (χ0) is 21.9. The van der Waals surface area contributed by atoms with E-state index in [2.05, 4.69) is 5.32 Å². The number of nitrogens with one attached hydrogen (secondary N) is 1. The van der Waals surface area contributed by atoms with Crippen LogP contribution in [0.4, 0.5) is 0 Å². The monoisotopic (exact) mass is 411 g/mol. The molecule has 0 bridgehead atoms. The van der Waals surface area contributed by atoms with Gasteiger partial charge in [-0.05, 0) is 31.2 Å². The number of rotatable bonds is 6. The van der Waals surface area contributed by atoms with Gasteiger partial charge in [-0.1, -0.05) is 24.3 Å². The maximum absolute atomic E-state index is 13.2. The van der Waals surface area contributed by atoms with Gasteiger partial charge in [0.25, 0.3) is 11.7 Å². The van der Waals surface area contributed by atoms with Crippen LogP contribution in [0.15, 0.2) is 60.2 Å². The van der Waals surface area contributed by atoms with Gasteiger partial charge in [-0.2, -0.15) is 0 Å². The number of ether oxygens (including phenoxy) is 4. The van der Waals surface area contributed by atoms with E-state index in [1.807, 2.05) is 0 Å². The minimum absolute atomic E-state index is 0.235. The molecule has 0 spiro atoms. The molecule has 156 valence electrons. The number of carbonyl (C=O) groups is 3. The molecule has 0 aromatic heterocycles. The van der Waals surface area contributed by atoms with Crippen molar-refractivity contribution in [2.75, 3.05) is 14.2 Å². The molecule has 8 heteroatoms. The first-order valence-electron chi connectivity index (χ1n) is 9.05. The van der Waals surface area contributed by atoms with Gasteiger partial charge < -0.3 is 18.9 Å². The largest absolute Gasteiger partial charge is 0.493 e. The molecule has 1 heterocycles. The summed E-state index contributed by atoms with van der Waals surface area (Å²) in [4.78, 5) is 37.3. The Morgan fingerprint density at radius 2 is 1.67 bits per heavy atom. The molecular weight excluding hydrogens is 390 g/mol. The minimum atomic E-state index is -1.55. The van der Waals surface area contributed by atoms with Crippen LogP contribution in [0, 0.1) is 0 Å². The number of hydrogen-bond acceptors (Lipinski definition) is 7. The number of amides is 1. The van der Waals surface area contributed by atoms with Crippen molar-refractivity contribution in [3.8, 4) is 11.5 Å². The van der Waals surface area contributed by atoms with E-state index in [1.54, 1.807) is 48.5 Å². The van der Waals surface area contributed by atoms with Gasteiger partial charge in [0.05, 0.1) is 14.2 Å². The number of carbonyl (C=O) groups excluding carboxylic acids is 3. The molecule has 30 heavy (non-hydrogen) atoms. The van der Waals surface area contributed by atoms with E-state index in [4.69, 9.17) is 18.9 Å². The Bertz CT molecular complexity index is 1030. The number of Topliss-reactive ketones (excluding diaryl/α,β-unsaturated/α-hetero) is 1. The predicted molar refractivity (Wildman–Crippen MR) is 106 cm³/mol. The van der Waals surface area contributed by atoms with Crippen molar-refractivity contribution in [3.63, 3.8) is 0 Å². The average Bonchev–Trinajstić information content (AvgIpc) is 2.98. The van der Waals surface area contributed by atoms with Crippen LogP contribution in [0.3, 0.4) is 0 Å². The fraction of sp³-hybridized carbons (Fsp3) is 0.227. The van der Waals surface area contributed by atoms with Crippen LogP contribution >= 0.6 is 0 Å². The number of ketones is 1. The summed E-state index contributed by atoms with van der Waals surface area (Å²) in [5, 5.41) is 2.52. The van der Waals surface area contributed by atoms with Gasteiger partial charge in [0.2, 0.25) is 11.6 Å². The lowest BCUT2D eigenvalue weighted by Crippen LogP contribution is -2.32. The third kappa shape index (κ3) is 3.84. The minimum Gasteiger partial charge on any atom is -0.493 e. The number of esters is 1. The molecule has 0 saturated heterocycles. The first-order chi connectivity index (χ1) is 14.3. The number of benzene rings is 2. The first kappa shape index (κ1) is 20.9. The fourth-order valence-electron chi connectivity index (χ4n) is 3.02. The predicted octanol–water partition coefficient (Wildman–Crippen LogP) is 2.68. The Morgan fingerprint density at radius 1 is 1.00 bits per heavy atom. The van der Waals surface area contributed by atoms with E-state index in [0.29, 0.717) is 22.6 Å². The highest BCUT2D eigenvalue weighted by Crippen LogP contribution is 2.41. The van der Waals surface area contributed by atoms with Gasteiger partial charge in [0.15, 0.2) is 17.1 Å². The summed E-state index contributed by atoms with van der Waals surface area (Å²) in [5.74, 6) is -1.59. The summed E-state index contributed by atoms with van der Waals surface area (Å²) >= 11 is 0. The molecule has 0 aliphatic carbocycles. The number of methoxy groups -OCH3 is 2. The fourth-order valence-corrected chi connectivity index (χ4v) is 3.02. The van der Waals surface area contributed by atoms with Crippen LogP contribution in [0.25, 0.3) is 0 Å². The quantitative estimate of drug-likeness (QED) is 0.730. The van der Waals surface area contributed by atoms with Crippen molar-refractivity contribution in [2.24, 2.45) is 0 Å². The lowest BCUT2D eigenvalue weighted by atomic mass is 9.91. The van der Waals surface area contributed by atoms with Gasteiger partial charge >= 0.3 is 5.97 Å². The molecule has 2 aromatic carbocycles. The molecule has 1 N–H and O–H groups in total. The normalized spacial score (nSPS) is 17.9. The van der Waals surface area contributed by atoms with Crippen LogP contribution in [0.1, 0.15) is 29.8 Å². The van der Waals surface area contributed by atoms with Crippen LogP contribution < -0.4 is 14.8 Å². The third-order valence-corrected chi connectivity index (χ3v) is 4.60. The molecule has 2 aromatic rings. The summed E-state index contributed by atoms with van der Waals surface area (Å²) in [6, 6.07) is 13.2. The van der Waals surface area contributed by atoms with Crippen LogP contribution in [0.2, 0.25) is 0 Å². The molecule has 1 amide bonds. The molecule has 0 saturated carbocycles. The summed E-state index contributed by atoms with van der Waals surface area (Å²) in [5.41, 5.74) is -0.773. The summed E-state index contributed by atoms with van der Waals surface area (Å²) in [7, 11) is 2.96. The molecule has 1 aliphatic heterocycles. The second-order valence-electron chi connectivity index (χ2n) is 6.61. The second kappa shape index (κ2) is 8.28.